The van der Waals surface area contributed by atoms with Crippen LogP contribution >= 0.6 is 25.3 Å². The van der Waals surface area contributed by atoms with Crippen LogP contribution in [0.3, 0.4) is 0 Å². The molecule has 2 aromatic carbocycles. The van der Waals surface area contributed by atoms with E-state index >= 15 is 0 Å². The summed E-state index contributed by atoms with van der Waals surface area (Å²) in [6, 6.07) is 14.5. The number of fused-ring (bicyclic) bond motifs is 8. The van der Waals surface area contributed by atoms with Gasteiger partial charge in [0.05, 0.1) is 5.41 Å². The topological polar surface area (TPSA) is 0 Å². The van der Waals surface area contributed by atoms with E-state index in [1.165, 1.54) is 120 Å². The lowest BCUT2D eigenvalue weighted by Gasteiger charge is -2.42. The number of thiol groups is 2. The van der Waals surface area contributed by atoms with Crippen LogP contribution < -0.4 is 0 Å². The molecule has 0 aliphatic heterocycles. The molecule has 0 unspecified atom stereocenters. The van der Waals surface area contributed by atoms with Gasteiger partial charge in [-0.1, -0.05) is 99.2 Å². The molecule has 8 rings (SSSR count). The fourth-order valence-electron chi connectivity index (χ4n) is 8.41. The minimum Gasteiger partial charge on any atom is -0.146 e. The van der Waals surface area contributed by atoms with E-state index in [0.29, 0.717) is 11.8 Å². The van der Waals surface area contributed by atoms with Crippen molar-refractivity contribution < 1.29 is 0 Å². The van der Waals surface area contributed by atoms with Gasteiger partial charge in [-0.3, -0.25) is 0 Å². The summed E-state index contributed by atoms with van der Waals surface area (Å²) in [5.74, 6) is 1.42. The Morgan fingerprint density at radius 3 is 1.41 bits per heavy atom. The third-order valence-electron chi connectivity index (χ3n) is 10.5. The van der Waals surface area contributed by atoms with Gasteiger partial charge in [0, 0.05) is 9.81 Å². The summed E-state index contributed by atoms with van der Waals surface area (Å²) in [5.41, 5.74) is 13.4. The van der Waals surface area contributed by atoms with Crippen molar-refractivity contribution in [2.45, 2.75) is 76.0 Å². The number of hydrogen-bond donors (Lipinski definition) is 2. The fraction of sp³-hybridized carbons (Fsp3) is 0.351. The van der Waals surface area contributed by atoms with Crippen molar-refractivity contribution in [3.05, 3.63) is 115 Å². The molecule has 0 radical (unpaired) electrons. The Morgan fingerprint density at radius 2 is 0.974 bits per heavy atom. The number of benzene rings is 2. The minimum absolute atomic E-state index is 0.450. The summed E-state index contributed by atoms with van der Waals surface area (Å²) in [4.78, 5) is 2.13. The van der Waals surface area contributed by atoms with Crippen molar-refractivity contribution in [3.63, 3.8) is 0 Å². The van der Waals surface area contributed by atoms with Crippen molar-refractivity contribution in [1.82, 2.24) is 0 Å². The number of hydrogen-bond acceptors (Lipinski definition) is 2. The zero-order valence-corrected chi connectivity index (χ0v) is 24.3. The van der Waals surface area contributed by atoms with E-state index in [4.69, 9.17) is 25.3 Å². The molecule has 0 aromatic heterocycles. The van der Waals surface area contributed by atoms with Crippen LogP contribution in [0.1, 0.15) is 109 Å². The summed E-state index contributed by atoms with van der Waals surface area (Å²) in [6.07, 6.45) is 27.5. The van der Waals surface area contributed by atoms with Crippen molar-refractivity contribution in [2.75, 3.05) is 0 Å². The Labute approximate surface area is 244 Å². The Balaban J connectivity index is 1.24. The molecule has 2 aromatic rings. The molecule has 196 valence electrons. The molecule has 2 saturated carbocycles. The van der Waals surface area contributed by atoms with Crippen molar-refractivity contribution in [2.24, 2.45) is 5.41 Å². The predicted molar refractivity (Wildman–Crippen MR) is 173 cm³/mol. The molecule has 0 atom stereocenters. The molecule has 2 fully saturated rings. The molecule has 0 nitrogen and oxygen atoms in total. The van der Waals surface area contributed by atoms with Crippen LogP contribution in [0.15, 0.2) is 81.7 Å². The average molecular weight is 545 g/mol. The van der Waals surface area contributed by atoms with Gasteiger partial charge in [-0.15, -0.1) is 25.3 Å². The van der Waals surface area contributed by atoms with Gasteiger partial charge in [0.1, 0.15) is 0 Å². The molecule has 2 heteroatoms. The molecular weight excluding hydrogens is 509 g/mol. The summed E-state index contributed by atoms with van der Waals surface area (Å²) in [6.45, 7) is 0. The zero-order chi connectivity index (χ0) is 26.1. The van der Waals surface area contributed by atoms with Crippen LogP contribution in [0, 0.1) is 5.41 Å². The van der Waals surface area contributed by atoms with Crippen molar-refractivity contribution in [1.29, 1.82) is 0 Å². The standard InChI is InChI=1S/C37H36S2/c38-35-17-15-31-29-13-11-25(23-7-3-1-4-8-23)19-27(29)21-33(31)37(35)34-22-28-20-26(24-9-5-2-6-10-24)12-14-30(28)32(34)16-18-36(37)39/h11-24,38-39H,1-10H2. The number of rotatable bonds is 2. The van der Waals surface area contributed by atoms with Gasteiger partial charge in [0.15, 0.2) is 0 Å². The van der Waals surface area contributed by atoms with Crippen LogP contribution in [0.25, 0.3) is 23.3 Å². The van der Waals surface area contributed by atoms with Crippen LogP contribution in [0.5, 0.6) is 0 Å². The largest absolute Gasteiger partial charge is 0.146 e. The highest BCUT2D eigenvalue weighted by molar-refractivity contribution is 7.86. The molecule has 1 spiro atoms. The lowest BCUT2D eigenvalue weighted by Crippen LogP contribution is -2.30. The average Bonchev–Trinajstić information content (AvgIpc) is 3.55. The predicted octanol–water partition coefficient (Wildman–Crippen LogP) is 10.7. The summed E-state index contributed by atoms with van der Waals surface area (Å²) in [7, 11) is 0. The van der Waals surface area contributed by atoms with Crippen molar-refractivity contribution >= 4 is 48.6 Å². The van der Waals surface area contributed by atoms with Crippen LogP contribution in [-0.4, -0.2) is 0 Å². The lowest BCUT2D eigenvalue weighted by molar-refractivity contribution is 0.443. The Morgan fingerprint density at radius 1 is 0.538 bits per heavy atom. The van der Waals surface area contributed by atoms with E-state index in [1.807, 2.05) is 0 Å². The van der Waals surface area contributed by atoms with E-state index in [1.54, 1.807) is 0 Å². The first-order valence-electron chi connectivity index (χ1n) is 15.1. The summed E-state index contributed by atoms with van der Waals surface area (Å²) >= 11 is 10.4. The van der Waals surface area contributed by atoms with Gasteiger partial charge in [0.25, 0.3) is 0 Å². The van der Waals surface area contributed by atoms with Gasteiger partial charge in [-0.05, 0) is 105 Å². The van der Waals surface area contributed by atoms with E-state index in [2.05, 4.69) is 72.9 Å². The van der Waals surface area contributed by atoms with E-state index in [-0.39, 0.29) is 0 Å². The Hall–Kier alpha value is -2.42. The SMILES string of the molecule is SC1=CC=C2C(=Cc3cc(C4CCCCC4)ccc32)C12C(S)=CC=C1C2=Cc2cc(C3CCCCC3)ccc21. The highest BCUT2D eigenvalue weighted by Crippen LogP contribution is 2.65. The van der Waals surface area contributed by atoms with E-state index < -0.39 is 5.41 Å². The zero-order valence-electron chi connectivity index (χ0n) is 22.5. The molecule has 0 N–H and O–H groups in total. The normalized spacial score (nSPS) is 23.5. The molecule has 0 bridgehead atoms. The molecule has 39 heavy (non-hydrogen) atoms. The molecule has 6 aliphatic rings. The van der Waals surface area contributed by atoms with Crippen LogP contribution in [0.4, 0.5) is 0 Å². The van der Waals surface area contributed by atoms with Gasteiger partial charge in [-0.25, -0.2) is 0 Å². The maximum Gasteiger partial charge on any atom is 0.0826 e. The maximum absolute atomic E-state index is 5.19. The first kappa shape index (κ1) is 24.4. The Bertz CT molecular complexity index is 1460. The molecular formula is C37H36S2. The van der Waals surface area contributed by atoms with Gasteiger partial charge in [-0.2, -0.15) is 0 Å². The second-order valence-corrected chi connectivity index (χ2v) is 13.5. The van der Waals surface area contributed by atoms with E-state index in [9.17, 15) is 0 Å². The first-order chi connectivity index (χ1) is 19.1. The summed E-state index contributed by atoms with van der Waals surface area (Å²) in [5, 5.41) is 0. The maximum atomic E-state index is 5.19. The molecule has 0 saturated heterocycles. The van der Waals surface area contributed by atoms with E-state index in [0.717, 1.165) is 9.81 Å². The summed E-state index contributed by atoms with van der Waals surface area (Å²) < 4.78 is 0. The van der Waals surface area contributed by atoms with Gasteiger partial charge in [0.2, 0.25) is 0 Å². The fourth-order valence-corrected chi connectivity index (χ4v) is 9.37. The highest BCUT2D eigenvalue weighted by Gasteiger charge is 2.50. The Kier molecular flexibility index (Phi) is 5.82. The van der Waals surface area contributed by atoms with Crippen molar-refractivity contribution in [3.8, 4) is 0 Å². The lowest BCUT2D eigenvalue weighted by atomic mass is 9.65. The monoisotopic (exact) mass is 544 g/mol. The third kappa shape index (κ3) is 3.60. The van der Waals surface area contributed by atoms with Gasteiger partial charge >= 0.3 is 0 Å². The minimum atomic E-state index is -0.450. The highest BCUT2D eigenvalue weighted by atomic mass is 32.1. The smallest absolute Gasteiger partial charge is 0.0826 e. The second kappa shape index (κ2) is 9.32. The molecule has 6 aliphatic carbocycles. The molecule has 0 heterocycles. The third-order valence-corrected chi connectivity index (χ3v) is 11.4. The van der Waals surface area contributed by atoms with Crippen LogP contribution in [0.2, 0.25) is 0 Å². The quantitative estimate of drug-likeness (QED) is 0.345. The first-order valence-corrected chi connectivity index (χ1v) is 16.0. The molecule has 0 amide bonds. The second-order valence-electron chi connectivity index (χ2n) is 12.5. The number of allylic oxidation sites excluding steroid dienone is 10. The van der Waals surface area contributed by atoms with Crippen LogP contribution in [-0.2, 0) is 0 Å². The van der Waals surface area contributed by atoms with Gasteiger partial charge < -0.3 is 0 Å².